The highest BCUT2D eigenvalue weighted by Gasteiger charge is 2.07. The van der Waals surface area contributed by atoms with Crippen LogP contribution in [0.4, 0.5) is 4.79 Å². The van der Waals surface area contributed by atoms with Crippen molar-refractivity contribution in [2.75, 3.05) is 6.61 Å². The second kappa shape index (κ2) is 5.50. The zero-order valence-corrected chi connectivity index (χ0v) is 8.67. The Morgan fingerprint density at radius 3 is 2.65 bits per heavy atom. The van der Waals surface area contributed by atoms with Crippen LogP contribution in [-0.2, 0) is 4.79 Å². The molecule has 0 aliphatic carbocycles. The SMILES string of the molecule is NC(=O)NC(=O)COc1cccc(C(=O)O)c1. The summed E-state index contributed by atoms with van der Waals surface area (Å²) in [6, 6.07) is 4.64. The number of aromatic carboxylic acids is 1. The van der Waals surface area contributed by atoms with Gasteiger partial charge in [-0.1, -0.05) is 6.07 Å². The highest BCUT2D eigenvalue weighted by Crippen LogP contribution is 2.12. The largest absolute Gasteiger partial charge is 0.484 e. The van der Waals surface area contributed by atoms with Crippen LogP contribution in [-0.4, -0.2) is 29.6 Å². The number of nitrogens with two attached hydrogens (primary N) is 1. The number of hydrogen-bond acceptors (Lipinski definition) is 4. The molecule has 7 nitrogen and oxygen atoms in total. The lowest BCUT2D eigenvalue weighted by atomic mass is 10.2. The van der Waals surface area contributed by atoms with Crippen molar-refractivity contribution in [1.29, 1.82) is 0 Å². The van der Waals surface area contributed by atoms with Gasteiger partial charge < -0.3 is 15.6 Å². The van der Waals surface area contributed by atoms with Gasteiger partial charge in [-0.2, -0.15) is 0 Å². The van der Waals surface area contributed by atoms with E-state index in [9.17, 15) is 14.4 Å². The van der Waals surface area contributed by atoms with Crippen molar-refractivity contribution in [3.8, 4) is 5.75 Å². The van der Waals surface area contributed by atoms with E-state index in [-0.39, 0.29) is 11.3 Å². The molecule has 7 heteroatoms. The van der Waals surface area contributed by atoms with Crippen molar-refractivity contribution in [2.24, 2.45) is 5.73 Å². The number of carboxylic acid groups (broad SMARTS) is 1. The minimum Gasteiger partial charge on any atom is -0.484 e. The van der Waals surface area contributed by atoms with Crippen molar-refractivity contribution in [3.63, 3.8) is 0 Å². The zero-order valence-electron chi connectivity index (χ0n) is 8.67. The molecule has 17 heavy (non-hydrogen) atoms. The number of primary amides is 1. The van der Waals surface area contributed by atoms with E-state index < -0.39 is 24.5 Å². The highest BCUT2D eigenvalue weighted by molar-refractivity contribution is 5.94. The number of amides is 3. The van der Waals surface area contributed by atoms with Crippen LogP contribution < -0.4 is 15.8 Å². The molecule has 0 atom stereocenters. The first-order valence-corrected chi connectivity index (χ1v) is 4.54. The molecule has 0 saturated carbocycles. The zero-order chi connectivity index (χ0) is 12.8. The van der Waals surface area contributed by atoms with E-state index in [1.54, 1.807) is 0 Å². The minimum absolute atomic E-state index is 0.0396. The van der Waals surface area contributed by atoms with Gasteiger partial charge in [0, 0.05) is 0 Å². The third-order valence-electron chi connectivity index (χ3n) is 1.71. The summed E-state index contributed by atoms with van der Waals surface area (Å²) in [5.74, 6) is -1.60. The Hall–Kier alpha value is -2.57. The Kier molecular flexibility index (Phi) is 4.04. The molecule has 0 heterocycles. The number of carboxylic acids is 1. The van der Waals surface area contributed by atoms with E-state index in [0.29, 0.717) is 0 Å². The fraction of sp³-hybridized carbons (Fsp3) is 0.100. The fourth-order valence-corrected chi connectivity index (χ4v) is 1.04. The molecule has 0 saturated heterocycles. The molecule has 0 spiro atoms. The predicted octanol–water partition coefficient (Wildman–Crippen LogP) is -0.0415. The van der Waals surface area contributed by atoms with E-state index in [1.165, 1.54) is 24.3 Å². The number of benzene rings is 1. The van der Waals surface area contributed by atoms with Gasteiger partial charge in [0.1, 0.15) is 5.75 Å². The maximum atomic E-state index is 11.0. The van der Waals surface area contributed by atoms with Gasteiger partial charge in [0.25, 0.3) is 5.91 Å². The smallest absolute Gasteiger partial charge is 0.335 e. The lowest BCUT2D eigenvalue weighted by Gasteiger charge is -2.05. The number of nitrogens with one attached hydrogen (secondary N) is 1. The summed E-state index contributed by atoms with van der Waals surface area (Å²) in [6.07, 6.45) is 0. The molecule has 0 radical (unpaired) electrons. The summed E-state index contributed by atoms with van der Waals surface area (Å²) in [4.78, 5) is 32.0. The van der Waals surface area contributed by atoms with Gasteiger partial charge >= 0.3 is 12.0 Å². The van der Waals surface area contributed by atoms with E-state index in [2.05, 4.69) is 0 Å². The van der Waals surface area contributed by atoms with Crippen LogP contribution in [0.3, 0.4) is 0 Å². The molecule has 1 rings (SSSR count). The van der Waals surface area contributed by atoms with Crippen molar-refractivity contribution in [3.05, 3.63) is 29.8 Å². The van der Waals surface area contributed by atoms with E-state index in [0.717, 1.165) is 0 Å². The van der Waals surface area contributed by atoms with Crippen LogP contribution in [0.5, 0.6) is 5.75 Å². The molecule has 3 amide bonds. The van der Waals surface area contributed by atoms with Gasteiger partial charge in [0.15, 0.2) is 6.61 Å². The average molecular weight is 238 g/mol. The molecule has 0 aliphatic rings. The highest BCUT2D eigenvalue weighted by atomic mass is 16.5. The van der Waals surface area contributed by atoms with Gasteiger partial charge in [-0.3, -0.25) is 10.1 Å². The Labute approximate surface area is 96.2 Å². The number of rotatable bonds is 4. The van der Waals surface area contributed by atoms with Crippen LogP contribution in [0.1, 0.15) is 10.4 Å². The third kappa shape index (κ3) is 4.20. The molecule has 90 valence electrons. The minimum atomic E-state index is -1.10. The number of ether oxygens (including phenoxy) is 1. The molecule has 0 aromatic heterocycles. The normalized spacial score (nSPS) is 9.41. The van der Waals surface area contributed by atoms with Crippen molar-refractivity contribution >= 4 is 17.9 Å². The summed E-state index contributed by atoms with van der Waals surface area (Å²) >= 11 is 0. The van der Waals surface area contributed by atoms with Crippen LogP contribution in [0, 0.1) is 0 Å². The van der Waals surface area contributed by atoms with Crippen LogP contribution in [0.15, 0.2) is 24.3 Å². The lowest BCUT2D eigenvalue weighted by Crippen LogP contribution is -2.38. The van der Waals surface area contributed by atoms with Crippen molar-refractivity contribution in [2.45, 2.75) is 0 Å². The Morgan fingerprint density at radius 2 is 2.06 bits per heavy atom. The lowest BCUT2D eigenvalue weighted by molar-refractivity contribution is -0.121. The van der Waals surface area contributed by atoms with Gasteiger partial charge in [-0.25, -0.2) is 9.59 Å². The first-order chi connectivity index (χ1) is 7.99. The van der Waals surface area contributed by atoms with Crippen LogP contribution in [0.25, 0.3) is 0 Å². The molecule has 1 aromatic carbocycles. The van der Waals surface area contributed by atoms with Gasteiger partial charge in [0.2, 0.25) is 0 Å². The number of imide groups is 1. The second-order valence-electron chi connectivity index (χ2n) is 3.03. The summed E-state index contributed by atoms with van der Waals surface area (Å²) in [6.45, 7) is -0.425. The Morgan fingerprint density at radius 1 is 1.35 bits per heavy atom. The van der Waals surface area contributed by atoms with Crippen LogP contribution in [0.2, 0.25) is 0 Å². The predicted molar refractivity (Wildman–Crippen MR) is 56.6 cm³/mol. The molecular weight excluding hydrogens is 228 g/mol. The third-order valence-corrected chi connectivity index (χ3v) is 1.71. The quantitative estimate of drug-likeness (QED) is 0.679. The Bertz CT molecular complexity index is 458. The summed E-state index contributed by atoms with van der Waals surface area (Å²) in [5, 5.41) is 10.5. The topological polar surface area (TPSA) is 119 Å². The fourth-order valence-electron chi connectivity index (χ4n) is 1.04. The molecular formula is C10H10N2O5. The molecule has 1 aromatic rings. The number of urea groups is 1. The average Bonchev–Trinajstić information content (AvgIpc) is 2.26. The summed E-state index contributed by atoms with van der Waals surface area (Å²) in [7, 11) is 0. The standard InChI is InChI=1S/C10H10N2O5/c11-10(16)12-8(13)5-17-7-3-1-2-6(4-7)9(14)15/h1-4H,5H2,(H,14,15)(H3,11,12,13,16). The monoisotopic (exact) mass is 238 g/mol. The molecule has 0 aliphatic heterocycles. The van der Waals surface area contributed by atoms with Crippen molar-refractivity contribution < 1.29 is 24.2 Å². The van der Waals surface area contributed by atoms with Gasteiger partial charge in [-0.05, 0) is 18.2 Å². The summed E-state index contributed by atoms with van der Waals surface area (Å²) < 4.78 is 4.98. The maximum Gasteiger partial charge on any atom is 0.335 e. The number of carbonyl (C=O) groups is 3. The molecule has 0 unspecified atom stereocenters. The van der Waals surface area contributed by atoms with Gasteiger partial charge in [0.05, 0.1) is 5.56 Å². The van der Waals surface area contributed by atoms with E-state index >= 15 is 0 Å². The first kappa shape index (κ1) is 12.5. The van der Waals surface area contributed by atoms with Crippen LogP contribution >= 0.6 is 0 Å². The van der Waals surface area contributed by atoms with E-state index in [4.69, 9.17) is 15.6 Å². The van der Waals surface area contributed by atoms with Gasteiger partial charge in [-0.15, -0.1) is 0 Å². The second-order valence-corrected chi connectivity index (χ2v) is 3.03. The van der Waals surface area contributed by atoms with Crippen molar-refractivity contribution in [1.82, 2.24) is 5.32 Å². The molecule has 4 N–H and O–H groups in total. The number of hydrogen-bond donors (Lipinski definition) is 3. The first-order valence-electron chi connectivity index (χ1n) is 4.54. The number of carbonyl (C=O) groups excluding carboxylic acids is 2. The molecule has 0 bridgehead atoms. The van der Waals surface area contributed by atoms with E-state index in [1.807, 2.05) is 5.32 Å². The Balaban J connectivity index is 2.57. The maximum absolute atomic E-state index is 11.0. The molecule has 0 fully saturated rings. The summed E-state index contributed by atoms with van der Waals surface area (Å²) in [5.41, 5.74) is 4.76.